The maximum absolute atomic E-state index is 11.4. The third-order valence-electron chi connectivity index (χ3n) is 2.23. The fourth-order valence-electron chi connectivity index (χ4n) is 1.41. The molecule has 19 heavy (non-hydrogen) atoms. The van der Waals surface area contributed by atoms with Gasteiger partial charge in [0.2, 0.25) is 5.91 Å². The molecule has 1 aliphatic rings. The lowest BCUT2D eigenvalue weighted by molar-refractivity contribution is -0.138. The SMILES string of the molecule is Cc1ccc(/C=N/N=C2/NC(=O)[C@H](CC(=O)O)S2)o1. The zero-order valence-electron chi connectivity index (χ0n) is 9.99. The summed E-state index contributed by atoms with van der Waals surface area (Å²) in [6.07, 6.45) is 1.17. The summed E-state index contributed by atoms with van der Waals surface area (Å²) in [5.74, 6) is -0.0731. The number of carboxylic acid groups (broad SMARTS) is 1. The van der Waals surface area contributed by atoms with Gasteiger partial charge in [-0.25, -0.2) is 0 Å². The number of amidine groups is 1. The maximum atomic E-state index is 11.4. The molecule has 0 saturated carbocycles. The topological polar surface area (TPSA) is 104 Å². The van der Waals surface area contributed by atoms with Gasteiger partial charge in [-0.1, -0.05) is 11.8 Å². The Labute approximate surface area is 112 Å². The van der Waals surface area contributed by atoms with Crippen molar-refractivity contribution in [3.63, 3.8) is 0 Å². The molecule has 1 aromatic heterocycles. The Kier molecular flexibility index (Phi) is 4.00. The second-order valence-electron chi connectivity index (χ2n) is 3.79. The Morgan fingerprint density at radius 3 is 3.05 bits per heavy atom. The third kappa shape index (κ3) is 3.68. The highest BCUT2D eigenvalue weighted by molar-refractivity contribution is 8.15. The molecule has 7 nitrogen and oxygen atoms in total. The van der Waals surface area contributed by atoms with Gasteiger partial charge in [0.25, 0.3) is 0 Å². The zero-order valence-corrected chi connectivity index (χ0v) is 10.8. The first-order valence-corrected chi connectivity index (χ1v) is 6.29. The Morgan fingerprint density at radius 2 is 2.42 bits per heavy atom. The van der Waals surface area contributed by atoms with E-state index in [9.17, 15) is 9.59 Å². The van der Waals surface area contributed by atoms with E-state index in [4.69, 9.17) is 9.52 Å². The molecule has 1 atom stereocenters. The Morgan fingerprint density at radius 1 is 1.63 bits per heavy atom. The Hall–Kier alpha value is -2.09. The number of aryl methyl sites for hydroxylation is 1. The van der Waals surface area contributed by atoms with E-state index in [1.54, 1.807) is 12.1 Å². The summed E-state index contributed by atoms with van der Waals surface area (Å²) in [5.41, 5.74) is 0. The molecular formula is C11H11N3O4S. The van der Waals surface area contributed by atoms with Crippen LogP contribution in [0.2, 0.25) is 0 Å². The van der Waals surface area contributed by atoms with Crippen LogP contribution in [-0.2, 0) is 9.59 Å². The van der Waals surface area contributed by atoms with Gasteiger partial charge in [0.15, 0.2) is 5.17 Å². The summed E-state index contributed by atoms with van der Waals surface area (Å²) in [6.45, 7) is 1.81. The van der Waals surface area contributed by atoms with E-state index >= 15 is 0 Å². The smallest absolute Gasteiger partial charge is 0.305 e. The van der Waals surface area contributed by atoms with Crippen LogP contribution >= 0.6 is 11.8 Å². The van der Waals surface area contributed by atoms with Crippen molar-refractivity contribution in [2.75, 3.05) is 0 Å². The minimum absolute atomic E-state index is 0.239. The predicted molar refractivity (Wildman–Crippen MR) is 70.2 cm³/mol. The number of aliphatic carboxylic acids is 1. The molecule has 2 heterocycles. The van der Waals surface area contributed by atoms with Crippen LogP contribution in [0.3, 0.4) is 0 Å². The van der Waals surface area contributed by atoms with Crippen molar-refractivity contribution in [3.05, 3.63) is 23.7 Å². The number of carboxylic acids is 1. The molecule has 0 unspecified atom stereocenters. The fraction of sp³-hybridized carbons (Fsp3) is 0.273. The van der Waals surface area contributed by atoms with Crippen molar-refractivity contribution in [2.24, 2.45) is 10.2 Å². The lowest BCUT2D eigenvalue weighted by Crippen LogP contribution is -2.26. The van der Waals surface area contributed by atoms with Gasteiger partial charge in [-0.15, -0.1) is 5.10 Å². The van der Waals surface area contributed by atoms with Crippen LogP contribution in [0.4, 0.5) is 0 Å². The van der Waals surface area contributed by atoms with Crippen molar-refractivity contribution < 1.29 is 19.1 Å². The summed E-state index contributed by atoms with van der Waals surface area (Å²) >= 11 is 1.05. The highest BCUT2D eigenvalue weighted by atomic mass is 32.2. The van der Waals surface area contributed by atoms with Crippen LogP contribution in [0, 0.1) is 6.92 Å². The number of nitrogens with zero attached hydrogens (tertiary/aromatic N) is 2. The van der Waals surface area contributed by atoms with Crippen LogP contribution < -0.4 is 5.32 Å². The van der Waals surface area contributed by atoms with Crippen LogP contribution in [0.25, 0.3) is 0 Å². The molecule has 0 aromatic carbocycles. The molecule has 0 spiro atoms. The first-order chi connectivity index (χ1) is 9.04. The van der Waals surface area contributed by atoms with Gasteiger partial charge in [-0.3, -0.25) is 9.59 Å². The second kappa shape index (κ2) is 5.70. The number of rotatable bonds is 4. The summed E-state index contributed by atoms with van der Waals surface area (Å²) in [5, 5.41) is 18.3. The first kappa shape index (κ1) is 13.3. The van der Waals surface area contributed by atoms with E-state index < -0.39 is 11.2 Å². The highest BCUT2D eigenvalue weighted by Crippen LogP contribution is 2.22. The summed E-state index contributed by atoms with van der Waals surface area (Å²) in [7, 11) is 0. The monoisotopic (exact) mass is 281 g/mol. The molecule has 0 radical (unpaired) electrons. The third-order valence-corrected chi connectivity index (χ3v) is 3.30. The lowest BCUT2D eigenvalue weighted by atomic mass is 10.3. The fourth-order valence-corrected chi connectivity index (χ4v) is 2.32. The number of carbonyl (C=O) groups excluding carboxylic acids is 1. The van der Waals surface area contributed by atoms with E-state index in [2.05, 4.69) is 15.5 Å². The second-order valence-corrected chi connectivity index (χ2v) is 4.98. The van der Waals surface area contributed by atoms with E-state index in [1.165, 1.54) is 6.21 Å². The quantitative estimate of drug-likeness (QED) is 0.632. The molecule has 1 aromatic rings. The minimum Gasteiger partial charge on any atom is -0.481 e. The van der Waals surface area contributed by atoms with E-state index in [-0.39, 0.29) is 17.5 Å². The van der Waals surface area contributed by atoms with Crippen LogP contribution in [0.15, 0.2) is 26.8 Å². The van der Waals surface area contributed by atoms with Gasteiger partial charge < -0.3 is 14.8 Å². The van der Waals surface area contributed by atoms with Crippen molar-refractivity contribution in [2.45, 2.75) is 18.6 Å². The average Bonchev–Trinajstić information content (AvgIpc) is 2.86. The Balaban J connectivity index is 1.96. The molecule has 2 N–H and O–H groups in total. The predicted octanol–water partition coefficient (Wildman–Crippen LogP) is 0.984. The standard InChI is InChI=1S/C11H11N3O4S/c1-6-2-3-7(18-6)5-12-14-11-13-10(17)8(19-11)4-9(15)16/h2-3,5,8H,4H2,1H3,(H,15,16)(H,13,14,17)/b12-5+/t8-/m0/s1. The lowest BCUT2D eigenvalue weighted by Gasteiger charge is -1.97. The summed E-state index contributed by atoms with van der Waals surface area (Å²) < 4.78 is 5.25. The van der Waals surface area contributed by atoms with Gasteiger partial charge >= 0.3 is 5.97 Å². The molecule has 0 bridgehead atoms. The zero-order chi connectivity index (χ0) is 13.8. The first-order valence-electron chi connectivity index (χ1n) is 5.41. The number of furan rings is 1. The summed E-state index contributed by atoms with van der Waals surface area (Å²) in [6, 6.07) is 3.54. The van der Waals surface area contributed by atoms with Gasteiger partial charge in [-0.2, -0.15) is 5.10 Å². The number of amides is 1. The van der Waals surface area contributed by atoms with Crippen molar-refractivity contribution in [3.8, 4) is 0 Å². The molecule has 1 amide bonds. The van der Waals surface area contributed by atoms with Crippen LogP contribution in [-0.4, -0.2) is 33.6 Å². The number of hydrogen-bond acceptors (Lipinski definition) is 6. The molecule has 0 aliphatic carbocycles. The van der Waals surface area contributed by atoms with Gasteiger partial charge in [0, 0.05) is 0 Å². The maximum Gasteiger partial charge on any atom is 0.305 e. The van der Waals surface area contributed by atoms with Crippen LogP contribution in [0.5, 0.6) is 0 Å². The van der Waals surface area contributed by atoms with Crippen molar-refractivity contribution in [1.82, 2.24) is 5.32 Å². The van der Waals surface area contributed by atoms with E-state index in [1.807, 2.05) is 6.92 Å². The number of carbonyl (C=O) groups is 2. The average molecular weight is 281 g/mol. The minimum atomic E-state index is -1.02. The molecule has 1 saturated heterocycles. The van der Waals surface area contributed by atoms with Crippen molar-refractivity contribution >= 4 is 35.0 Å². The highest BCUT2D eigenvalue weighted by Gasteiger charge is 2.32. The van der Waals surface area contributed by atoms with Gasteiger partial charge in [-0.05, 0) is 19.1 Å². The molecule has 1 fully saturated rings. The molecule has 8 heteroatoms. The van der Waals surface area contributed by atoms with Crippen LogP contribution in [0.1, 0.15) is 17.9 Å². The van der Waals surface area contributed by atoms with Gasteiger partial charge in [0.05, 0.1) is 12.6 Å². The molecular weight excluding hydrogens is 270 g/mol. The van der Waals surface area contributed by atoms with E-state index in [0.29, 0.717) is 5.76 Å². The summed E-state index contributed by atoms with van der Waals surface area (Å²) in [4.78, 5) is 21.9. The number of nitrogens with one attached hydrogen (secondary N) is 1. The Bertz CT molecular complexity index is 564. The number of thioether (sulfide) groups is 1. The number of hydrogen-bond donors (Lipinski definition) is 2. The molecule has 100 valence electrons. The molecule has 1 aliphatic heterocycles. The largest absolute Gasteiger partial charge is 0.481 e. The van der Waals surface area contributed by atoms with Crippen molar-refractivity contribution in [1.29, 1.82) is 0 Å². The van der Waals surface area contributed by atoms with Gasteiger partial charge in [0.1, 0.15) is 16.8 Å². The normalized spacial score (nSPS) is 21.2. The van der Waals surface area contributed by atoms with E-state index in [0.717, 1.165) is 17.5 Å². The molecule has 2 rings (SSSR count).